The Hall–Kier alpha value is -4.17. The van der Waals surface area contributed by atoms with E-state index < -0.39 is 10.0 Å². The monoisotopic (exact) mass is 520 g/mol. The van der Waals surface area contributed by atoms with Crippen LogP contribution < -0.4 is 13.9 Å². The summed E-state index contributed by atoms with van der Waals surface area (Å²) < 4.78 is 33.5. The molecule has 2 aromatic carbocycles. The number of carbonyl (C=O) groups excluding carboxylic acids is 1. The summed E-state index contributed by atoms with van der Waals surface area (Å²) in [5, 5.41) is 9.36. The molecule has 1 unspecified atom stereocenters. The van der Waals surface area contributed by atoms with Gasteiger partial charge in [0.1, 0.15) is 11.8 Å². The molecule has 0 aliphatic carbocycles. The van der Waals surface area contributed by atoms with Crippen molar-refractivity contribution < 1.29 is 17.9 Å². The molecule has 0 bridgehead atoms. The van der Waals surface area contributed by atoms with E-state index in [1.165, 1.54) is 38.7 Å². The fourth-order valence-corrected chi connectivity index (χ4v) is 5.65. The van der Waals surface area contributed by atoms with Crippen molar-refractivity contribution in [2.24, 2.45) is 0 Å². The number of carbonyl (C=O) groups is 1. The summed E-state index contributed by atoms with van der Waals surface area (Å²) in [6.07, 6.45) is 3.01. The largest absolute Gasteiger partial charge is 0.495 e. The Labute approximate surface area is 216 Å². The van der Waals surface area contributed by atoms with E-state index in [9.17, 15) is 18.5 Å². The fourth-order valence-electron chi connectivity index (χ4n) is 4.42. The number of hydrogen-bond acceptors (Lipinski definition) is 8. The molecule has 0 N–H and O–H groups in total. The number of amides is 1. The first-order valence-electron chi connectivity index (χ1n) is 11.7. The maximum absolute atomic E-state index is 13.6. The van der Waals surface area contributed by atoms with Crippen molar-refractivity contribution in [2.45, 2.75) is 24.8 Å². The summed E-state index contributed by atoms with van der Waals surface area (Å²) in [4.78, 5) is 25.7. The van der Waals surface area contributed by atoms with Crippen molar-refractivity contribution in [3.63, 3.8) is 0 Å². The Kier molecular flexibility index (Phi) is 7.31. The van der Waals surface area contributed by atoms with Crippen molar-refractivity contribution in [3.05, 3.63) is 71.7 Å². The summed E-state index contributed by atoms with van der Waals surface area (Å²) in [6.45, 7) is 5.02. The number of sulfonamides is 1. The highest BCUT2D eigenvalue weighted by Crippen LogP contribution is 2.32. The van der Waals surface area contributed by atoms with Crippen LogP contribution in [0.1, 0.15) is 28.5 Å². The number of nitriles is 1. The molecule has 3 aromatic rings. The highest BCUT2D eigenvalue weighted by molar-refractivity contribution is 7.92. The smallest absolute Gasteiger partial charge is 0.264 e. The van der Waals surface area contributed by atoms with Crippen molar-refractivity contribution in [2.75, 3.05) is 43.0 Å². The Morgan fingerprint density at radius 2 is 1.89 bits per heavy atom. The predicted octanol–water partition coefficient (Wildman–Crippen LogP) is 2.84. The molecular weight excluding hydrogens is 492 g/mol. The molecule has 1 fully saturated rings. The summed E-state index contributed by atoms with van der Waals surface area (Å²) in [6, 6.07) is 13.3. The number of rotatable bonds is 6. The molecule has 0 saturated carbocycles. The van der Waals surface area contributed by atoms with Crippen LogP contribution in [0.4, 0.5) is 11.5 Å². The lowest BCUT2D eigenvalue weighted by Crippen LogP contribution is -2.54. The van der Waals surface area contributed by atoms with Crippen LogP contribution in [0, 0.1) is 18.3 Å². The van der Waals surface area contributed by atoms with Crippen LogP contribution in [0.5, 0.6) is 5.75 Å². The number of nitrogens with zero attached hydrogens (tertiary/aromatic N) is 6. The minimum absolute atomic E-state index is 0.0133. The zero-order valence-corrected chi connectivity index (χ0v) is 21.9. The number of piperazine rings is 1. The second kappa shape index (κ2) is 10.4. The van der Waals surface area contributed by atoms with E-state index in [0.717, 1.165) is 4.31 Å². The number of para-hydroxylation sites is 2. The Morgan fingerprint density at radius 1 is 1.16 bits per heavy atom. The summed E-state index contributed by atoms with van der Waals surface area (Å²) in [5.41, 5.74) is 1.64. The number of ether oxygens (including phenoxy) is 1. The van der Waals surface area contributed by atoms with Crippen LogP contribution in [0.15, 0.2) is 59.8 Å². The van der Waals surface area contributed by atoms with Gasteiger partial charge in [-0.05, 0) is 43.7 Å². The third-order valence-electron chi connectivity index (χ3n) is 6.49. The van der Waals surface area contributed by atoms with Gasteiger partial charge in [-0.1, -0.05) is 18.2 Å². The van der Waals surface area contributed by atoms with Crippen molar-refractivity contribution in [1.82, 2.24) is 14.9 Å². The lowest BCUT2D eigenvalue weighted by molar-refractivity contribution is 0.0672. The van der Waals surface area contributed by atoms with Gasteiger partial charge in [0.25, 0.3) is 15.9 Å². The zero-order chi connectivity index (χ0) is 26.7. The molecule has 0 radical (unpaired) electrons. The van der Waals surface area contributed by atoms with Gasteiger partial charge in [0.2, 0.25) is 0 Å². The van der Waals surface area contributed by atoms with Gasteiger partial charge in [0, 0.05) is 50.7 Å². The molecule has 1 aromatic heterocycles. The molecule has 192 valence electrons. The van der Waals surface area contributed by atoms with E-state index in [1.54, 1.807) is 42.2 Å². The second-order valence-electron chi connectivity index (χ2n) is 8.76. The van der Waals surface area contributed by atoms with Crippen LogP contribution in [0.3, 0.4) is 0 Å². The molecule has 4 rings (SSSR count). The normalized spacial score (nSPS) is 15.7. The maximum Gasteiger partial charge on any atom is 0.264 e. The zero-order valence-electron chi connectivity index (χ0n) is 21.1. The van der Waals surface area contributed by atoms with E-state index in [1.807, 2.05) is 11.8 Å². The lowest BCUT2D eigenvalue weighted by Gasteiger charge is -2.40. The van der Waals surface area contributed by atoms with Crippen LogP contribution in [-0.4, -0.2) is 69.0 Å². The number of hydrogen-bond donors (Lipinski definition) is 0. The lowest BCUT2D eigenvalue weighted by atomic mass is 10.1. The third-order valence-corrected chi connectivity index (χ3v) is 8.26. The van der Waals surface area contributed by atoms with E-state index in [0.29, 0.717) is 48.0 Å². The average Bonchev–Trinajstić information content (AvgIpc) is 2.92. The van der Waals surface area contributed by atoms with Crippen molar-refractivity contribution in [3.8, 4) is 11.8 Å². The Morgan fingerprint density at radius 3 is 2.59 bits per heavy atom. The van der Waals surface area contributed by atoms with Gasteiger partial charge in [-0.3, -0.25) is 9.10 Å². The quantitative estimate of drug-likeness (QED) is 0.487. The standard InChI is InChI=1S/C26H28N6O4S/c1-18-9-10-20(37(34,35)30(3)23-7-5-6-8-24(23)36-4)15-21(18)26(33)32-14-13-31(17-19(32)2)25-22(16-27)28-11-12-29-25/h5-12,15,19H,13-14,17H2,1-4H3. The van der Waals surface area contributed by atoms with E-state index in [2.05, 4.69) is 16.0 Å². The predicted molar refractivity (Wildman–Crippen MR) is 139 cm³/mol. The SMILES string of the molecule is COc1ccccc1N(C)S(=O)(=O)c1ccc(C)c(C(=O)N2CCN(c3nccnc3C#N)CC2C)c1. The van der Waals surface area contributed by atoms with Gasteiger partial charge >= 0.3 is 0 Å². The van der Waals surface area contributed by atoms with Gasteiger partial charge in [-0.2, -0.15) is 5.26 Å². The van der Waals surface area contributed by atoms with Crippen molar-refractivity contribution >= 4 is 27.4 Å². The number of benzene rings is 2. The van der Waals surface area contributed by atoms with Gasteiger partial charge in [0.15, 0.2) is 11.5 Å². The minimum Gasteiger partial charge on any atom is -0.495 e. The number of methoxy groups -OCH3 is 1. The van der Waals surface area contributed by atoms with Gasteiger partial charge in [0.05, 0.1) is 17.7 Å². The minimum atomic E-state index is -3.97. The van der Waals surface area contributed by atoms with Crippen LogP contribution in [0.25, 0.3) is 0 Å². The Balaban J connectivity index is 1.59. The molecule has 2 heterocycles. The first kappa shape index (κ1) is 25.9. The Bertz CT molecular complexity index is 1470. The van der Waals surface area contributed by atoms with Gasteiger partial charge < -0.3 is 14.5 Å². The first-order valence-corrected chi connectivity index (χ1v) is 13.1. The molecule has 10 nitrogen and oxygen atoms in total. The highest BCUT2D eigenvalue weighted by Gasteiger charge is 2.32. The van der Waals surface area contributed by atoms with E-state index in [-0.39, 0.29) is 22.5 Å². The third kappa shape index (κ3) is 4.93. The van der Waals surface area contributed by atoms with Gasteiger partial charge in [-0.15, -0.1) is 0 Å². The van der Waals surface area contributed by atoms with Crippen molar-refractivity contribution in [1.29, 1.82) is 5.26 Å². The molecule has 11 heteroatoms. The summed E-state index contributed by atoms with van der Waals surface area (Å²) >= 11 is 0. The van der Waals surface area contributed by atoms with Crippen LogP contribution in [0.2, 0.25) is 0 Å². The highest BCUT2D eigenvalue weighted by atomic mass is 32.2. The molecular formula is C26H28N6O4S. The topological polar surface area (TPSA) is 120 Å². The number of anilines is 2. The van der Waals surface area contributed by atoms with E-state index >= 15 is 0 Å². The second-order valence-corrected chi connectivity index (χ2v) is 10.7. The maximum atomic E-state index is 13.6. The number of aromatic nitrogens is 2. The molecule has 1 saturated heterocycles. The average molecular weight is 521 g/mol. The first-order chi connectivity index (χ1) is 17.7. The molecule has 0 spiro atoms. The van der Waals surface area contributed by atoms with Gasteiger partial charge in [-0.25, -0.2) is 18.4 Å². The molecule has 37 heavy (non-hydrogen) atoms. The van der Waals surface area contributed by atoms with Crippen LogP contribution in [-0.2, 0) is 10.0 Å². The fraction of sp³-hybridized carbons (Fsp3) is 0.308. The van der Waals surface area contributed by atoms with Crippen LogP contribution >= 0.6 is 0 Å². The summed E-state index contributed by atoms with van der Waals surface area (Å²) in [7, 11) is -1.03. The molecule has 1 aliphatic rings. The molecule has 1 atom stereocenters. The summed E-state index contributed by atoms with van der Waals surface area (Å²) in [5.74, 6) is 0.667. The molecule has 1 amide bonds. The molecule has 1 aliphatic heterocycles. The van der Waals surface area contributed by atoms with E-state index in [4.69, 9.17) is 4.74 Å². The number of aryl methyl sites for hydroxylation is 1.